The van der Waals surface area contributed by atoms with Crippen molar-refractivity contribution in [3.8, 4) is 5.75 Å². The van der Waals surface area contributed by atoms with E-state index in [2.05, 4.69) is 4.98 Å². The van der Waals surface area contributed by atoms with Crippen molar-refractivity contribution < 1.29 is 9.90 Å². The van der Waals surface area contributed by atoms with Gasteiger partial charge in [-0.25, -0.2) is 4.98 Å². The van der Waals surface area contributed by atoms with Gasteiger partial charge in [0, 0.05) is 23.1 Å². The van der Waals surface area contributed by atoms with Crippen LogP contribution in [-0.4, -0.2) is 15.9 Å². The summed E-state index contributed by atoms with van der Waals surface area (Å²) in [5.41, 5.74) is 1.31. The summed E-state index contributed by atoms with van der Waals surface area (Å²) in [6, 6.07) is 8.45. The highest BCUT2D eigenvalue weighted by Crippen LogP contribution is 2.27. The van der Waals surface area contributed by atoms with E-state index >= 15 is 0 Å². The first kappa shape index (κ1) is 13.9. The fourth-order valence-corrected chi connectivity index (χ4v) is 2.46. The highest BCUT2D eigenvalue weighted by atomic mass is 35.5. The van der Waals surface area contributed by atoms with Crippen molar-refractivity contribution >= 4 is 29.1 Å². The summed E-state index contributed by atoms with van der Waals surface area (Å²) in [6.07, 6.45) is 1.58. The number of carbonyl (C=O) groups excluding carboxylic acids is 1. The fraction of sp³-hybridized carbons (Fsp3) is 0.143. The molecule has 0 saturated heterocycles. The van der Waals surface area contributed by atoms with Crippen molar-refractivity contribution in [1.29, 1.82) is 0 Å². The van der Waals surface area contributed by atoms with Gasteiger partial charge >= 0.3 is 0 Å². The number of thioether (sulfide) groups is 1. The fourth-order valence-electron chi connectivity index (χ4n) is 1.52. The minimum Gasteiger partial charge on any atom is -0.508 e. The zero-order valence-electron chi connectivity index (χ0n) is 10.3. The van der Waals surface area contributed by atoms with Gasteiger partial charge in [-0.3, -0.25) is 4.79 Å². The SMILES string of the molecule is CC(=O)c1ccc(O)c(CSc2ccc(Cl)cn2)c1. The first-order valence-corrected chi connectivity index (χ1v) is 7.00. The number of pyridine rings is 1. The third kappa shape index (κ3) is 3.72. The smallest absolute Gasteiger partial charge is 0.159 e. The molecule has 0 spiro atoms. The standard InChI is InChI=1S/C14H12ClNO2S/c1-9(17)10-2-4-13(18)11(6-10)8-19-14-5-3-12(15)7-16-14/h2-7,18H,8H2,1H3. The van der Waals surface area contributed by atoms with Crippen LogP contribution < -0.4 is 0 Å². The third-order valence-electron chi connectivity index (χ3n) is 2.56. The maximum absolute atomic E-state index is 11.3. The van der Waals surface area contributed by atoms with Gasteiger partial charge in [0.2, 0.25) is 0 Å². The number of nitrogens with zero attached hydrogens (tertiary/aromatic N) is 1. The summed E-state index contributed by atoms with van der Waals surface area (Å²) in [7, 11) is 0. The van der Waals surface area contributed by atoms with Gasteiger partial charge in [0.05, 0.1) is 10.0 Å². The summed E-state index contributed by atoms with van der Waals surface area (Å²) >= 11 is 7.24. The van der Waals surface area contributed by atoms with Gasteiger partial charge in [0.1, 0.15) is 5.75 Å². The van der Waals surface area contributed by atoms with Gasteiger partial charge < -0.3 is 5.11 Å². The molecule has 19 heavy (non-hydrogen) atoms. The molecule has 0 amide bonds. The molecule has 0 bridgehead atoms. The van der Waals surface area contributed by atoms with Gasteiger partial charge in [0.15, 0.2) is 5.78 Å². The third-order valence-corrected chi connectivity index (χ3v) is 3.78. The summed E-state index contributed by atoms with van der Waals surface area (Å²) in [6.45, 7) is 1.50. The molecule has 1 heterocycles. The number of rotatable bonds is 4. The minimum atomic E-state index is -0.0177. The van der Waals surface area contributed by atoms with Gasteiger partial charge in [-0.05, 0) is 37.3 Å². The lowest BCUT2D eigenvalue weighted by molar-refractivity contribution is 0.101. The van der Waals surface area contributed by atoms with Crippen LogP contribution in [-0.2, 0) is 5.75 Å². The molecule has 3 nitrogen and oxygen atoms in total. The van der Waals surface area contributed by atoms with Crippen molar-refractivity contribution in [1.82, 2.24) is 4.98 Å². The van der Waals surface area contributed by atoms with Crippen LogP contribution in [0, 0.1) is 0 Å². The van der Waals surface area contributed by atoms with Crippen molar-refractivity contribution in [2.45, 2.75) is 17.7 Å². The van der Waals surface area contributed by atoms with Crippen LogP contribution in [0.5, 0.6) is 5.75 Å². The largest absolute Gasteiger partial charge is 0.508 e. The molecule has 0 radical (unpaired) electrons. The van der Waals surface area contributed by atoms with E-state index in [1.54, 1.807) is 30.5 Å². The molecule has 0 fully saturated rings. The minimum absolute atomic E-state index is 0.0177. The highest BCUT2D eigenvalue weighted by molar-refractivity contribution is 7.98. The van der Waals surface area contributed by atoms with Gasteiger partial charge in [-0.2, -0.15) is 0 Å². The van der Waals surface area contributed by atoms with Crippen LogP contribution in [0.15, 0.2) is 41.6 Å². The Hall–Kier alpha value is -1.52. The van der Waals surface area contributed by atoms with Gasteiger partial charge in [-0.15, -0.1) is 11.8 Å². The second kappa shape index (κ2) is 6.08. The number of carbonyl (C=O) groups is 1. The lowest BCUT2D eigenvalue weighted by atomic mass is 10.1. The molecular formula is C14H12ClNO2S. The molecule has 0 atom stereocenters. The van der Waals surface area contributed by atoms with Crippen LogP contribution >= 0.6 is 23.4 Å². The van der Waals surface area contributed by atoms with E-state index in [4.69, 9.17) is 11.6 Å². The molecule has 0 unspecified atom stereocenters. The number of Topliss-reactive ketones (excluding diaryl/α,β-unsaturated/α-hetero) is 1. The summed E-state index contributed by atoms with van der Waals surface area (Å²) in [5.74, 6) is 0.712. The number of phenols is 1. The molecule has 2 rings (SSSR count). The number of aromatic nitrogens is 1. The monoisotopic (exact) mass is 293 g/mol. The topological polar surface area (TPSA) is 50.2 Å². The molecule has 1 aromatic carbocycles. The molecule has 1 N–H and O–H groups in total. The van der Waals surface area contributed by atoms with Crippen molar-refractivity contribution in [2.24, 2.45) is 0 Å². The summed E-state index contributed by atoms with van der Waals surface area (Å²) < 4.78 is 0. The average Bonchev–Trinajstić information content (AvgIpc) is 2.39. The normalized spacial score (nSPS) is 10.4. The summed E-state index contributed by atoms with van der Waals surface area (Å²) in [5, 5.41) is 11.2. The number of hydrogen-bond acceptors (Lipinski definition) is 4. The number of ketones is 1. The van der Waals surface area contributed by atoms with E-state index in [9.17, 15) is 9.90 Å². The molecule has 0 aliphatic rings. The maximum Gasteiger partial charge on any atom is 0.159 e. The lowest BCUT2D eigenvalue weighted by Crippen LogP contribution is -1.94. The van der Waals surface area contributed by atoms with Gasteiger partial charge in [0.25, 0.3) is 0 Å². The Morgan fingerprint density at radius 1 is 1.37 bits per heavy atom. The number of phenolic OH excluding ortho intramolecular Hbond substituents is 1. The molecule has 0 aliphatic heterocycles. The maximum atomic E-state index is 11.3. The van der Waals surface area contributed by atoms with E-state index in [-0.39, 0.29) is 11.5 Å². The van der Waals surface area contributed by atoms with Crippen LogP contribution in [0.1, 0.15) is 22.8 Å². The molecule has 5 heteroatoms. The van der Waals surface area contributed by atoms with Crippen LogP contribution in [0.25, 0.3) is 0 Å². The van der Waals surface area contributed by atoms with E-state index in [0.717, 1.165) is 10.6 Å². The number of hydrogen-bond donors (Lipinski definition) is 1. The summed E-state index contributed by atoms with van der Waals surface area (Å²) in [4.78, 5) is 15.5. The quantitative estimate of drug-likeness (QED) is 0.685. The van der Waals surface area contributed by atoms with Crippen LogP contribution in [0.4, 0.5) is 0 Å². The number of aromatic hydroxyl groups is 1. The zero-order valence-corrected chi connectivity index (χ0v) is 11.8. The number of benzene rings is 1. The molecular weight excluding hydrogens is 282 g/mol. The van der Waals surface area contributed by atoms with E-state index in [1.807, 2.05) is 6.07 Å². The first-order valence-electron chi connectivity index (χ1n) is 5.63. The number of halogens is 1. The van der Waals surface area contributed by atoms with E-state index in [0.29, 0.717) is 16.3 Å². The molecule has 0 aliphatic carbocycles. The second-order valence-corrected chi connectivity index (χ2v) is 5.44. The Morgan fingerprint density at radius 3 is 2.79 bits per heavy atom. The molecule has 1 aromatic heterocycles. The predicted octanol–water partition coefficient (Wildman–Crippen LogP) is 3.94. The van der Waals surface area contributed by atoms with Crippen LogP contribution in [0.3, 0.4) is 0 Å². The predicted molar refractivity (Wildman–Crippen MR) is 76.9 cm³/mol. The molecule has 2 aromatic rings. The van der Waals surface area contributed by atoms with E-state index < -0.39 is 0 Å². The average molecular weight is 294 g/mol. The van der Waals surface area contributed by atoms with Crippen LogP contribution in [0.2, 0.25) is 5.02 Å². The lowest BCUT2D eigenvalue weighted by Gasteiger charge is -2.06. The first-order chi connectivity index (χ1) is 9.06. The molecule has 98 valence electrons. The Labute approximate surface area is 120 Å². The Balaban J connectivity index is 2.12. The Kier molecular flexibility index (Phi) is 4.45. The van der Waals surface area contributed by atoms with Gasteiger partial charge in [-0.1, -0.05) is 11.6 Å². The van der Waals surface area contributed by atoms with Crippen molar-refractivity contribution in [3.63, 3.8) is 0 Å². The van der Waals surface area contributed by atoms with Crippen molar-refractivity contribution in [2.75, 3.05) is 0 Å². The Bertz CT molecular complexity index is 599. The van der Waals surface area contributed by atoms with E-state index in [1.165, 1.54) is 18.7 Å². The highest BCUT2D eigenvalue weighted by Gasteiger charge is 2.07. The van der Waals surface area contributed by atoms with Crippen molar-refractivity contribution in [3.05, 3.63) is 52.7 Å². The Morgan fingerprint density at radius 2 is 2.16 bits per heavy atom. The molecule has 0 saturated carbocycles. The zero-order chi connectivity index (χ0) is 13.8. The second-order valence-electron chi connectivity index (χ2n) is 4.00.